The predicted octanol–water partition coefficient (Wildman–Crippen LogP) is 2.90. The first-order valence-electron chi connectivity index (χ1n) is 7.05. The van der Waals surface area contributed by atoms with Gasteiger partial charge in [-0.3, -0.25) is 4.90 Å². The lowest BCUT2D eigenvalue weighted by Gasteiger charge is -2.38. The second-order valence-electron chi connectivity index (χ2n) is 5.16. The predicted molar refractivity (Wildman–Crippen MR) is 82.8 cm³/mol. The van der Waals surface area contributed by atoms with E-state index in [4.69, 9.17) is 4.74 Å². The molecule has 0 amide bonds. The molecule has 1 N–H and O–H groups in total. The maximum Gasteiger partial charge on any atom is 0.120 e. The molecule has 19 heavy (non-hydrogen) atoms. The first kappa shape index (κ1) is 14.8. The number of rotatable bonds is 5. The van der Waals surface area contributed by atoms with Gasteiger partial charge in [-0.15, -0.1) is 0 Å². The molecule has 1 heterocycles. The zero-order valence-electron chi connectivity index (χ0n) is 11.7. The average Bonchev–Trinajstić information content (AvgIpc) is 2.41. The molecule has 0 spiro atoms. The molecule has 2 rings (SSSR count). The van der Waals surface area contributed by atoms with Crippen LogP contribution in [0.2, 0.25) is 0 Å². The maximum absolute atomic E-state index is 5.81. The molecule has 1 aliphatic rings. The molecule has 1 aromatic carbocycles. The van der Waals surface area contributed by atoms with Crippen LogP contribution in [0.1, 0.15) is 20.3 Å². The number of ether oxygens (including phenoxy) is 1. The minimum atomic E-state index is 0.592. The molecule has 0 radical (unpaired) electrons. The lowest BCUT2D eigenvalue weighted by atomic mass is 10.1. The molecule has 0 aliphatic carbocycles. The lowest BCUT2D eigenvalue weighted by molar-refractivity contribution is 0.117. The SMILES string of the molecule is CCC1CN(CCOc2cccc(Br)c2)C(C)CN1. The van der Waals surface area contributed by atoms with Crippen molar-refractivity contribution >= 4 is 15.9 Å². The van der Waals surface area contributed by atoms with Crippen LogP contribution in [-0.2, 0) is 0 Å². The van der Waals surface area contributed by atoms with Gasteiger partial charge < -0.3 is 10.1 Å². The summed E-state index contributed by atoms with van der Waals surface area (Å²) >= 11 is 3.46. The number of hydrogen-bond donors (Lipinski definition) is 1. The molecular weight excluding hydrogens is 304 g/mol. The number of piperazine rings is 1. The van der Waals surface area contributed by atoms with E-state index < -0.39 is 0 Å². The molecule has 2 atom stereocenters. The van der Waals surface area contributed by atoms with Crippen LogP contribution in [0.4, 0.5) is 0 Å². The van der Waals surface area contributed by atoms with E-state index in [9.17, 15) is 0 Å². The van der Waals surface area contributed by atoms with Crippen LogP contribution < -0.4 is 10.1 Å². The zero-order chi connectivity index (χ0) is 13.7. The highest BCUT2D eigenvalue weighted by atomic mass is 79.9. The Kier molecular flexibility index (Phi) is 5.67. The third-order valence-corrected chi connectivity index (χ3v) is 4.21. The summed E-state index contributed by atoms with van der Waals surface area (Å²) in [6, 6.07) is 9.24. The Labute approximate surface area is 124 Å². The second-order valence-corrected chi connectivity index (χ2v) is 6.08. The van der Waals surface area contributed by atoms with E-state index in [1.54, 1.807) is 0 Å². The van der Waals surface area contributed by atoms with Gasteiger partial charge in [-0.2, -0.15) is 0 Å². The van der Waals surface area contributed by atoms with Crippen LogP contribution >= 0.6 is 15.9 Å². The summed E-state index contributed by atoms with van der Waals surface area (Å²) in [7, 11) is 0. The van der Waals surface area contributed by atoms with E-state index in [0.29, 0.717) is 12.1 Å². The first-order valence-corrected chi connectivity index (χ1v) is 7.84. The van der Waals surface area contributed by atoms with Crippen molar-refractivity contribution in [2.75, 3.05) is 26.2 Å². The van der Waals surface area contributed by atoms with Gasteiger partial charge in [0.1, 0.15) is 12.4 Å². The van der Waals surface area contributed by atoms with Crippen LogP contribution in [-0.4, -0.2) is 43.2 Å². The normalized spacial score (nSPS) is 24.4. The quantitative estimate of drug-likeness (QED) is 0.900. The summed E-state index contributed by atoms with van der Waals surface area (Å²) in [4.78, 5) is 2.52. The van der Waals surface area contributed by atoms with Gasteiger partial charge in [0.15, 0.2) is 0 Å². The van der Waals surface area contributed by atoms with Crippen molar-refractivity contribution in [2.24, 2.45) is 0 Å². The summed E-state index contributed by atoms with van der Waals surface area (Å²) in [5.74, 6) is 0.934. The molecule has 1 fully saturated rings. The molecule has 3 nitrogen and oxygen atoms in total. The number of hydrogen-bond acceptors (Lipinski definition) is 3. The maximum atomic E-state index is 5.81. The van der Waals surface area contributed by atoms with E-state index in [1.807, 2.05) is 24.3 Å². The van der Waals surface area contributed by atoms with Gasteiger partial charge in [0, 0.05) is 36.2 Å². The topological polar surface area (TPSA) is 24.5 Å². The van der Waals surface area contributed by atoms with E-state index >= 15 is 0 Å². The number of benzene rings is 1. The van der Waals surface area contributed by atoms with Crippen LogP contribution in [0, 0.1) is 0 Å². The van der Waals surface area contributed by atoms with E-state index in [0.717, 1.165) is 36.5 Å². The highest BCUT2D eigenvalue weighted by Crippen LogP contribution is 2.18. The van der Waals surface area contributed by atoms with Crippen LogP contribution in [0.3, 0.4) is 0 Å². The van der Waals surface area contributed by atoms with Crippen LogP contribution in [0.25, 0.3) is 0 Å². The van der Waals surface area contributed by atoms with Crippen molar-refractivity contribution in [1.82, 2.24) is 10.2 Å². The van der Waals surface area contributed by atoms with Gasteiger partial charge in [0.05, 0.1) is 0 Å². The highest BCUT2D eigenvalue weighted by Gasteiger charge is 2.23. The summed E-state index contributed by atoms with van der Waals surface area (Å²) in [6.07, 6.45) is 1.19. The Bertz CT molecular complexity index is 399. The third kappa shape index (κ3) is 4.48. The molecule has 2 unspecified atom stereocenters. The molecule has 4 heteroatoms. The minimum Gasteiger partial charge on any atom is -0.492 e. The van der Waals surface area contributed by atoms with Crippen molar-refractivity contribution in [3.8, 4) is 5.75 Å². The van der Waals surface area contributed by atoms with E-state index in [1.165, 1.54) is 6.42 Å². The van der Waals surface area contributed by atoms with Crippen molar-refractivity contribution in [1.29, 1.82) is 0 Å². The molecule has 0 bridgehead atoms. The van der Waals surface area contributed by atoms with Gasteiger partial charge in [-0.1, -0.05) is 28.9 Å². The van der Waals surface area contributed by atoms with Crippen molar-refractivity contribution in [3.63, 3.8) is 0 Å². The molecule has 0 aromatic heterocycles. The van der Waals surface area contributed by atoms with Crippen LogP contribution in [0.5, 0.6) is 5.75 Å². The molecule has 106 valence electrons. The smallest absolute Gasteiger partial charge is 0.120 e. The van der Waals surface area contributed by atoms with Crippen molar-refractivity contribution < 1.29 is 4.74 Å². The Balaban J connectivity index is 1.78. The highest BCUT2D eigenvalue weighted by molar-refractivity contribution is 9.10. The molecular formula is C15H23BrN2O. The minimum absolute atomic E-state index is 0.592. The van der Waals surface area contributed by atoms with E-state index in [-0.39, 0.29) is 0 Å². The number of nitrogens with one attached hydrogen (secondary N) is 1. The Hall–Kier alpha value is -0.580. The fraction of sp³-hybridized carbons (Fsp3) is 0.600. The largest absolute Gasteiger partial charge is 0.492 e. The standard InChI is InChI=1S/C15H23BrN2O/c1-3-14-11-18(12(2)10-17-14)7-8-19-15-6-4-5-13(16)9-15/h4-6,9,12,14,17H,3,7-8,10-11H2,1-2H3. The summed E-state index contributed by atoms with van der Waals surface area (Å²) in [6.45, 7) is 8.46. The van der Waals surface area contributed by atoms with Gasteiger partial charge in [0.2, 0.25) is 0 Å². The Morgan fingerprint density at radius 1 is 1.47 bits per heavy atom. The Morgan fingerprint density at radius 3 is 3.05 bits per heavy atom. The lowest BCUT2D eigenvalue weighted by Crippen LogP contribution is -2.55. The molecule has 0 saturated carbocycles. The van der Waals surface area contributed by atoms with Crippen molar-refractivity contribution in [2.45, 2.75) is 32.4 Å². The van der Waals surface area contributed by atoms with Gasteiger partial charge >= 0.3 is 0 Å². The molecule has 1 aliphatic heterocycles. The molecule has 1 saturated heterocycles. The van der Waals surface area contributed by atoms with Gasteiger partial charge in [-0.25, -0.2) is 0 Å². The summed E-state index contributed by atoms with van der Waals surface area (Å²) < 4.78 is 6.88. The van der Waals surface area contributed by atoms with E-state index in [2.05, 4.69) is 40.0 Å². The second kappa shape index (κ2) is 7.27. The first-order chi connectivity index (χ1) is 9.19. The van der Waals surface area contributed by atoms with Crippen molar-refractivity contribution in [3.05, 3.63) is 28.7 Å². The summed E-state index contributed by atoms with van der Waals surface area (Å²) in [5.41, 5.74) is 0. The molecule has 1 aromatic rings. The number of nitrogens with zero attached hydrogens (tertiary/aromatic N) is 1. The monoisotopic (exact) mass is 326 g/mol. The fourth-order valence-electron chi connectivity index (χ4n) is 2.42. The average molecular weight is 327 g/mol. The fourth-order valence-corrected chi connectivity index (χ4v) is 2.79. The third-order valence-electron chi connectivity index (χ3n) is 3.72. The van der Waals surface area contributed by atoms with Gasteiger partial charge in [-0.05, 0) is 31.5 Å². The Morgan fingerprint density at radius 2 is 2.32 bits per heavy atom. The number of halogens is 1. The summed E-state index contributed by atoms with van der Waals surface area (Å²) in [5, 5.41) is 3.58. The zero-order valence-corrected chi connectivity index (χ0v) is 13.3. The van der Waals surface area contributed by atoms with Gasteiger partial charge in [0.25, 0.3) is 0 Å². The van der Waals surface area contributed by atoms with Crippen LogP contribution in [0.15, 0.2) is 28.7 Å².